The van der Waals surface area contributed by atoms with Gasteiger partial charge in [-0.05, 0) is 77.1 Å². The van der Waals surface area contributed by atoms with Crippen molar-refractivity contribution in [3.05, 3.63) is 113 Å². The minimum atomic E-state index is -3.99. The molecule has 0 unspecified atom stereocenters. The number of benzene rings is 3. The summed E-state index contributed by atoms with van der Waals surface area (Å²) in [4.78, 5) is 21.9. The molecule has 0 saturated carbocycles. The van der Waals surface area contributed by atoms with Gasteiger partial charge in [0.05, 0.1) is 10.6 Å². The zero-order chi connectivity index (χ0) is 28.4. The van der Waals surface area contributed by atoms with Gasteiger partial charge in [-0.25, -0.2) is 32.3 Å². The number of phenolic OH excluding ortho intramolecular Hbond substituents is 1. The molecule has 0 amide bonds. The maximum absolute atomic E-state index is 14.1. The molecule has 0 aliphatic heterocycles. The van der Waals surface area contributed by atoms with Gasteiger partial charge in [-0.15, -0.1) is 0 Å². The number of sulfonamides is 1. The number of allylic oxidation sites excluding steroid dienone is 2. The van der Waals surface area contributed by atoms with Crippen molar-refractivity contribution < 1.29 is 27.1 Å². The normalized spacial score (nSPS) is 13.5. The lowest BCUT2D eigenvalue weighted by molar-refractivity contribution is -0.118. The minimum Gasteiger partial charge on any atom is -0.508 e. The van der Waals surface area contributed by atoms with Gasteiger partial charge in [0, 0.05) is 36.6 Å². The van der Waals surface area contributed by atoms with Crippen LogP contribution in [-0.2, 0) is 27.7 Å². The number of phenols is 1. The van der Waals surface area contributed by atoms with Crippen molar-refractivity contribution in [1.29, 1.82) is 0 Å². The van der Waals surface area contributed by atoms with Crippen molar-refractivity contribution in [3.8, 4) is 16.9 Å². The Labute approximate surface area is 230 Å². The molecular formula is C30H25F2N3O4S. The fourth-order valence-corrected chi connectivity index (χ4v) is 5.68. The number of carbonyl (C=O) groups is 1. The van der Waals surface area contributed by atoms with E-state index in [0.717, 1.165) is 22.8 Å². The molecule has 0 radical (unpaired) electrons. The first-order valence-corrected chi connectivity index (χ1v) is 14.0. The van der Waals surface area contributed by atoms with E-state index in [4.69, 9.17) is 5.14 Å². The van der Waals surface area contributed by atoms with Crippen LogP contribution < -0.4 is 5.14 Å². The fraction of sp³-hybridized carbons (Fsp3) is 0.167. The van der Waals surface area contributed by atoms with Crippen molar-refractivity contribution in [2.75, 3.05) is 0 Å². The number of halogens is 2. The third-order valence-corrected chi connectivity index (χ3v) is 7.79. The molecule has 204 valence electrons. The van der Waals surface area contributed by atoms with Gasteiger partial charge in [0.2, 0.25) is 10.0 Å². The predicted octanol–water partition coefficient (Wildman–Crippen LogP) is 5.09. The SMILES string of the molecule is NS(=O)(=O)c1cccc(-c2cncnc2[C@@H](CC(=O)CC2=CCc3ccc(O)cc32)Cc2cc(F)cc(F)c2)c1. The van der Waals surface area contributed by atoms with E-state index in [1.165, 1.54) is 42.9 Å². The summed E-state index contributed by atoms with van der Waals surface area (Å²) in [5.41, 5.74) is 4.34. The molecule has 1 heterocycles. The van der Waals surface area contributed by atoms with Gasteiger partial charge >= 0.3 is 0 Å². The van der Waals surface area contributed by atoms with E-state index in [-0.39, 0.29) is 35.7 Å². The van der Waals surface area contributed by atoms with E-state index in [0.29, 0.717) is 28.8 Å². The topological polar surface area (TPSA) is 123 Å². The number of hydrogen-bond donors (Lipinski definition) is 2. The number of primary sulfonamides is 1. The van der Waals surface area contributed by atoms with E-state index < -0.39 is 27.6 Å². The number of hydrogen-bond acceptors (Lipinski definition) is 6. The molecule has 5 rings (SSSR count). The summed E-state index contributed by atoms with van der Waals surface area (Å²) >= 11 is 0. The third kappa shape index (κ3) is 6.13. The maximum atomic E-state index is 14.1. The van der Waals surface area contributed by atoms with Gasteiger partial charge in [-0.1, -0.05) is 24.3 Å². The zero-order valence-corrected chi connectivity index (χ0v) is 22.0. The van der Waals surface area contributed by atoms with Crippen molar-refractivity contribution in [3.63, 3.8) is 0 Å². The molecule has 40 heavy (non-hydrogen) atoms. The highest BCUT2D eigenvalue weighted by Gasteiger charge is 2.25. The average Bonchev–Trinajstić information content (AvgIpc) is 3.28. The van der Waals surface area contributed by atoms with E-state index in [9.17, 15) is 27.1 Å². The van der Waals surface area contributed by atoms with Crippen LogP contribution in [0.3, 0.4) is 0 Å². The Balaban J connectivity index is 1.51. The molecule has 0 spiro atoms. The molecule has 7 nitrogen and oxygen atoms in total. The molecule has 1 aliphatic carbocycles. The second-order valence-corrected chi connectivity index (χ2v) is 11.3. The van der Waals surface area contributed by atoms with Crippen molar-refractivity contribution in [2.24, 2.45) is 5.14 Å². The van der Waals surface area contributed by atoms with E-state index >= 15 is 0 Å². The average molecular weight is 562 g/mol. The van der Waals surface area contributed by atoms with Crippen LogP contribution in [0, 0.1) is 11.6 Å². The molecule has 1 atom stereocenters. The lowest BCUT2D eigenvalue weighted by atomic mass is 9.86. The highest BCUT2D eigenvalue weighted by molar-refractivity contribution is 7.89. The number of ketones is 1. The van der Waals surface area contributed by atoms with Crippen LogP contribution in [0.15, 0.2) is 84.2 Å². The number of Topliss-reactive ketones (excluding diaryl/α,β-unsaturated/α-hetero) is 1. The lowest BCUT2D eigenvalue weighted by Crippen LogP contribution is -2.14. The smallest absolute Gasteiger partial charge is 0.238 e. The Kier molecular flexibility index (Phi) is 7.55. The molecule has 3 aromatic carbocycles. The lowest BCUT2D eigenvalue weighted by Gasteiger charge is -2.20. The summed E-state index contributed by atoms with van der Waals surface area (Å²) in [5, 5.41) is 15.3. The van der Waals surface area contributed by atoms with Crippen LogP contribution in [-0.4, -0.2) is 29.3 Å². The number of nitrogens with two attached hydrogens (primary N) is 1. The molecular weight excluding hydrogens is 536 g/mol. The van der Waals surface area contributed by atoms with Crippen LogP contribution in [0.25, 0.3) is 16.7 Å². The van der Waals surface area contributed by atoms with Crippen LogP contribution in [0.4, 0.5) is 8.78 Å². The Morgan fingerprint density at radius 1 is 1.02 bits per heavy atom. The summed E-state index contributed by atoms with van der Waals surface area (Å²) in [6.45, 7) is 0. The summed E-state index contributed by atoms with van der Waals surface area (Å²) in [5.74, 6) is -2.12. The third-order valence-electron chi connectivity index (χ3n) is 6.88. The predicted molar refractivity (Wildman–Crippen MR) is 146 cm³/mol. The van der Waals surface area contributed by atoms with Gasteiger partial charge in [-0.2, -0.15) is 0 Å². The summed E-state index contributed by atoms with van der Waals surface area (Å²) < 4.78 is 52.1. The van der Waals surface area contributed by atoms with Gasteiger partial charge in [0.1, 0.15) is 29.5 Å². The minimum absolute atomic E-state index is 0.0114. The quantitative estimate of drug-likeness (QED) is 0.294. The van der Waals surface area contributed by atoms with Crippen LogP contribution in [0.1, 0.15) is 41.1 Å². The monoisotopic (exact) mass is 561 g/mol. The number of fused-ring (bicyclic) bond motifs is 1. The molecule has 1 aliphatic rings. The zero-order valence-electron chi connectivity index (χ0n) is 21.2. The summed E-state index contributed by atoms with van der Waals surface area (Å²) in [6, 6.07) is 14.2. The van der Waals surface area contributed by atoms with Gasteiger partial charge < -0.3 is 5.11 Å². The first-order chi connectivity index (χ1) is 19.1. The molecule has 4 aromatic rings. The Morgan fingerprint density at radius 2 is 1.80 bits per heavy atom. The van der Waals surface area contributed by atoms with Gasteiger partial charge in [0.15, 0.2) is 0 Å². The van der Waals surface area contributed by atoms with Crippen LogP contribution >= 0.6 is 0 Å². The van der Waals surface area contributed by atoms with Crippen molar-refractivity contribution >= 4 is 21.4 Å². The highest BCUT2D eigenvalue weighted by Crippen LogP contribution is 2.36. The van der Waals surface area contributed by atoms with Gasteiger partial charge in [0.25, 0.3) is 0 Å². The Morgan fingerprint density at radius 3 is 2.55 bits per heavy atom. The van der Waals surface area contributed by atoms with Gasteiger partial charge in [-0.3, -0.25) is 4.79 Å². The fourth-order valence-electron chi connectivity index (χ4n) is 5.12. The number of aromatic hydroxyl groups is 1. The number of nitrogens with zero attached hydrogens (tertiary/aromatic N) is 2. The van der Waals surface area contributed by atoms with Crippen molar-refractivity contribution in [1.82, 2.24) is 9.97 Å². The van der Waals surface area contributed by atoms with Crippen molar-refractivity contribution in [2.45, 2.75) is 36.5 Å². The number of aromatic nitrogens is 2. The molecule has 0 fully saturated rings. The molecule has 0 saturated heterocycles. The molecule has 0 bridgehead atoms. The van der Waals surface area contributed by atoms with Crippen LogP contribution in [0.2, 0.25) is 0 Å². The highest BCUT2D eigenvalue weighted by atomic mass is 32.2. The summed E-state index contributed by atoms with van der Waals surface area (Å²) in [6.07, 6.45) is 5.61. The van der Waals surface area contributed by atoms with Crippen LogP contribution in [0.5, 0.6) is 5.75 Å². The molecule has 1 aromatic heterocycles. The standard InChI is InChI=1S/C30H25F2N3O4S/c31-23-9-18(10-24(32)14-23)8-22(12-26(37)11-21-5-4-19-6-7-25(36)15-28(19)21)30-29(16-34-17-35-30)20-2-1-3-27(13-20)40(33,38)39/h1-3,5-7,9-10,13-17,22,36H,4,8,11-12H2,(H2,33,38,39)/t22-/m1/s1. The van der Waals surface area contributed by atoms with E-state index in [2.05, 4.69) is 9.97 Å². The number of rotatable bonds is 9. The maximum Gasteiger partial charge on any atom is 0.238 e. The Bertz CT molecular complexity index is 1740. The molecule has 10 heteroatoms. The first-order valence-electron chi connectivity index (χ1n) is 12.5. The van der Waals surface area contributed by atoms with E-state index in [1.54, 1.807) is 18.2 Å². The largest absolute Gasteiger partial charge is 0.508 e. The Hall–Kier alpha value is -4.28. The first kappa shape index (κ1) is 27.3. The van der Waals surface area contributed by atoms with E-state index in [1.807, 2.05) is 12.1 Å². The summed E-state index contributed by atoms with van der Waals surface area (Å²) in [7, 11) is -3.99. The second kappa shape index (κ2) is 11.1. The second-order valence-electron chi connectivity index (χ2n) is 9.77. The number of carbonyl (C=O) groups excluding carboxylic acids is 1. The molecule has 3 N–H and O–H groups in total.